The maximum atomic E-state index is 12.9. The van der Waals surface area contributed by atoms with E-state index in [1.807, 2.05) is 0 Å². The molecular weight excluding hydrogens is 245 g/mol. The lowest BCUT2D eigenvalue weighted by Crippen LogP contribution is -2.27. The lowest BCUT2D eigenvalue weighted by Gasteiger charge is -2.08. The molecule has 0 aliphatic heterocycles. The van der Waals surface area contributed by atoms with Gasteiger partial charge >= 0.3 is 5.97 Å². The van der Waals surface area contributed by atoms with Gasteiger partial charge in [-0.1, -0.05) is 24.6 Å². The molecule has 2 N–H and O–H groups in total. The Morgan fingerprint density at radius 3 is 2.88 bits per heavy atom. The number of benzene rings is 1. The molecule has 1 atom stereocenters. The molecule has 0 fully saturated rings. The molecule has 1 rings (SSSR count). The lowest BCUT2D eigenvalue weighted by molar-refractivity contribution is -0.140. The fourth-order valence-corrected chi connectivity index (χ4v) is 1.54. The van der Waals surface area contributed by atoms with E-state index in [-0.39, 0.29) is 5.02 Å². The van der Waals surface area contributed by atoms with Crippen molar-refractivity contribution in [1.82, 2.24) is 5.32 Å². The van der Waals surface area contributed by atoms with E-state index in [2.05, 4.69) is 5.32 Å². The van der Waals surface area contributed by atoms with Gasteiger partial charge in [-0.05, 0) is 30.7 Å². The second-order valence-electron chi connectivity index (χ2n) is 3.94. The van der Waals surface area contributed by atoms with Crippen LogP contribution in [0.4, 0.5) is 4.39 Å². The van der Waals surface area contributed by atoms with E-state index in [9.17, 15) is 9.18 Å². The molecule has 0 saturated heterocycles. The van der Waals surface area contributed by atoms with Crippen LogP contribution in [0.3, 0.4) is 0 Å². The van der Waals surface area contributed by atoms with Crippen molar-refractivity contribution in [1.29, 1.82) is 0 Å². The van der Waals surface area contributed by atoms with Gasteiger partial charge in [-0.25, -0.2) is 4.39 Å². The normalized spacial score (nSPS) is 12.4. The average molecular weight is 260 g/mol. The summed E-state index contributed by atoms with van der Waals surface area (Å²) in [5, 5.41) is 11.8. The van der Waals surface area contributed by atoms with Gasteiger partial charge in [0.2, 0.25) is 0 Å². The number of carbonyl (C=O) groups is 1. The molecule has 17 heavy (non-hydrogen) atoms. The summed E-state index contributed by atoms with van der Waals surface area (Å²) < 4.78 is 12.9. The van der Waals surface area contributed by atoms with Gasteiger partial charge in [0.25, 0.3) is 0 Å². The van der Waals surface area contributed by atoms with Crippen molar-refractivity contribution in [2.24, 2.45) is 5.92 Å². The highest BCUT2D eigenvalue weighted by atomic mass is 35.5. The number of rotatable bonds is 6. The molecular formula is C12H15ClFNO2. The zero-order chi connectivity index (χ0) is 12.8. The van der Waals surface area contributed by atoms with Crippen molar-refractivity contribution in [3.8, 4) is 0 Å². The Bertz CT molecular complexity index is 398. The molecule has 0 aliphatic rings. The topological polar surface area (TPSA) is 49.3 Å². The van der Waals surface area contributed by atoms with Crippen LogP contribution >= 0.6 is 11.6 Å². The van der Waals surface area contributed by atoms with Crippen molar-refractivity contribution in [2.75, 3.05) is 13.1 Å². The Labute approximate surface area is 105 Å². The number of carboxylic acid groups (broad SMARTS) is 1. The Morgan fingerprint density at radius 2 is 2.29 bits per heavy atom. The summed E-state index contributed by atoms with van der Waals surface area (Å²) in [6.45, 7) is 2.70. The smallest absolute Gasteiger partial charge is 0.307 e. The Hall–Kier alpha value is -1.13. The molecule has 0 radical (unpaired) electrons. The monoisotopic (exact) mass is 259 g/mol. The van der Waals surface area contributed by atoms with E-state index in [1.54, 1.807) is 19.1 Å². The first-order chi connectivity index (χ1) is 8.00. The third kappa shape index (κ3) is 4.71. The van der Waals surface area contributed by atoms with Crippen LogP contribution in [-0.2, 0) is 11.2 Å². The van der Waals surface area contributed by atoms with Crippen LogP contribution in [0.1, 0.15) is 12.5 Å². The summed E-state index contributed by atoms with van der Waals surface area (Å²) in [6, 6.07) is 4.58. The van der Waals surface area contributed by atoms with Gasteiger partial charge in [0.1, 0.15) is 5.82 Å². The Balaban J connectivity index is 2.31. The van der Waals surface area contributed by atoms with Crippen LogP contribution in [0.25, 0.3) is 0 Å². The lowest BCUT2D eigenvalue weighted by atomic mass is 10.1. The Kier molecular flexibility index (Phi) is 5.38. The van der Waals surface area contributed by atoms with Gasteiger partial charge in [-0.2, -0.15) is 0 Å². The van der Waals surface area contributed by atoms with Gasteiger partial charge < -0.3 is 10.4 Å². The number of hydrogen-bond acceptors (Lipinski definition) is 2. The molecule has 0 aliphatic carbocycles. The molecule has 0 spiro atoms. The Morgan fingerprint density at radius 1 is 1.59 bits per heavy atom. The molecule has 1 unspecified atom stereocenters. The van der Waals surface area contributed by atoms with E-state index < -0.39 is 17.7 Å². The van der Waals surface area contributed by atoms with Crippen LogP contribution in [0.5, 0.6) is 0 Å². The number of nitrogens with one attached hydrogen (secondary N) is 1. The van der Waals surface area contributed by atoms with Crippen molar-refractivity contribution < 1.29 is 14.3 Å². The predicted octanol–water partition coefficient (Wildman–Crippen LogP) is 2.33. The van der Waals surface area contributed by atoms with Crippen LogP contribution in [0, 0.1) is 11.7 Å². The highest BCUT2D eigenvalue weighted by Crippen LogP contribution is 2.16. The third-order valence-corrected chi connectivity index (χ3v) is 2.74. The first-order valence-corrected chi connectivity index (χ1v) is 5.76. The van der Waals surface area contributed by atoms with Gasteiger partial charge in [-0.15, -0.1) is 0 Å². The minimum atomic E-state index is -0.817. The van der Waals surface area contributed by atoms with Gasteiger partial charge in [0.15, 0.2) is 0 Å². The van der Waals surface area contributed by atoms with E-state index in [1.165, 1.54) is 6.07 Å². The molecule has 5 heteroatoms. The van der Waals surface area contributed by atoms with Crippen molar-refractivity contribution in [3.63, 3.8) is 0 Å². The molecule has 3 nitrogen and oxygen atoms in total. The number of carboxylic acids is 1. The summed E-state index contributed by atoms with van der Waals surface area (Å²) in [6.07, 6.45) is 0.687. The predicted molar refractivity (Wildman–Crippen MR) is 64.8 cm³/mol. The maximum absolute atomic E-state index is 12.9. The maximum Gasteiger partial charge on any atom is 0.307 e. The molecule has 0 bridgehead atoms. The number of aliphatic carboxylic acids is 1. The molecule has 94 valence electrons. The average Bonchev–Trinajstić information content (AvgIpc) is 2.28. The second-order valence-corrected chi connectivity index (χ2v) is 4.35. The fourth-order valence-electron chi connectivity index (χ4n) is 1.33. The van der Waals surface area contributed by atoms with Gasteiger partial charge in [0.05, 0.1) is 10.9 Å². The van der Waals surface area contributed by atoms with Gasteiger partial charge in [0, 0.05) is 6.54 Å². The summed E-state index contributed by atoms with van der Waals surface area (Å²) in [5.41, 5.74) is 0.923. The van der Waals surface area contributed by atoms with Crippen LogP contribution in [0.2, 0.25) is 5.02 Å². The van der Waals surface area contributed by atoms with E-state index in [0.29, 0.717) is 19.5 Å². The molecule has 0 aromatic heterocycles. The zero-order valence-corrected chi connectivity index (χ0v) is 10.3. The highest BCUT2D eigenvalue weighted by molar-refractivity contribution is 6.30. The van der Waals surface area contributed by atoms with Crippen LogP contribution in [0.15, 0.2) is 18.2 Å². The van der Waals surface area contributed by atoms with Crippen LogP contribution in [-0.4, -0.2) is 24.2 Å². The molecule has 0 saturated carbocycles. The summed E-state index contributed by atoms with van der Waals surface area (Å²) in [4.78, 5) is 10.5. The molecule has 1 aromatic rings. The zero-order valence-electron chi connectivity index (χ0n) is 9.54. The van der Waals surface area contributed by atoms with E-state index in [4.69, 9.17) is 16.7 Å². The largest absolute Gasteiger partial charge is 0.481 e. The van der Waals surface area contributed by atoms with Crippen molar-refractivity contribution in [2.45, 2.75) is 13.3 Å². The minimum absolute atomic E-state index is 0.112. The fraction of sp³-hybridized carbons (Fsp3) is 0.417. The minimum Gasteiger partial charge on any atom is -0.481 e. The number of halogens is 2. The van der Waals surface area contributed by atoms with Gasteiger partial charge in [-0.3, -0.25) is 4.79 Å². The quantitative estimate of drug-likeness (QED) is 0.771. The second kappa shape index (κ2) is 6.57. The SMILES string of the molecule is CC(CNCCc1ccc(F)c(Cl)c1)C(=O)O. The summed E-state index contributed by atoms with van der Waals surface area (Å²) >= 11 is 5.65. The van der Waals surface area contributed by atoms with E-state index in [0.717, 1.165) is 5.56 Å². The highest BCUT2D eigenvalue weighted by Gasteiger charge is 2.09. The molecule has 1 aromatic carbocycles. The first kappa shape index (κ1) is 13.9. The van der Waals surface area contributed by atoms with Crippen molar-refractivity contribution >= 4 is 17.6 Å². The molecule has 0 heterocycles. The summed E-state index contributed by atoms with van der Waals surface area (Å²) in [7, 11) is 0. The third-order valence-electron chi connectivity index (χ3n) is 2.45. The van der Waals surface area contributed by atoms with E-state index >= 15 is 0 Å². The van der Waals surface area contributed by atoms with Crippen LogP contribution < -0.4 is 5.32 Å². The van der Waals surface area contributed by atoms with Crippen molar-refractivity contribution in [3.05, 3.63) is 34.6 Å². The summed E-state index contributed by atoms with van der Waals surface area (Å²) in [5.74, 6) is -1.66. The number of hydrogen-bond donors (Lipinski definition) is 2. The first-order valence-electron chi connectivity index (χ1n) is 5.38. The standard InChI is InChI=1S/C12H15ClFNO2/c1-8(12(16)17)7-15-5-4-9-2-3-11(14)10(13)6-9/h2-3,6,8,15H,4-5,7H2,1H3,(H,16,17). The molecule has 0 amide bonds.